The fourth-order valence-corrected chi connectivity index (χ4v) is 1.91. The zero-order valence-corrected chi connectivity index (χ0v) is 9.74. The summed E-state index contributed by atoms with van der Waals surface area (Å²) in [6.07, 6.45) is 1.53. The van der Waals surface area contributed by atoms with Gasteiger partial charge in [-0.25, -0.2) is 0 Å². The first-order chi connectivity index (χ1) is 7.18. The summed E-state index contributed by atoms with van der Waals surface area (Å²) < 4.78 is 0. The largest absolute Gasteiger partial charge is 0.253 e. The van der Waals surface area contributed by atoms with Gasteiger partial charge in [-0.15, -0.1) is 0 Å². The van der Waals surface area contributed by atoms with Crippen LogP contribution in [0.1, 0.15) is 0 Å². The molecule has 1 heterocycles. The molecule has 2 aromatic rings. The Labute approximate surface area is 103 Å². The van der Waals surface area contributed by atoms with Gasteiger partial charge in [-0.05, 0) is 6.07 Å². The van der Waals surface area contributed by atoms with Crippen molar-refractivity contribution in [2.24, 2.45) is 0 Å². The van der Waals surface area contributed by atoms with Crippen LogP contribution in [0.25, 0.3) is 11.3 Å². The molecule has 0 atom stereocenters. The van der Waals surface area contributed by atoms with Crippen LogP contribution < -0.4 is 0 Å². The molecule has 0 aliphatic carbocycles. The quantitative estimate of drug-likeness (QED) is 0.732. The van der Waals surface area contributed by atoms with Crippen LogP contribution in [0.5, 0.6) is 0 Å². The summed E-state index contributed by atoms with van der Waals surface area (Å²) in [5, 5.41) is 1.47. The monoisotopic (exact) mass is 256 g/mol. The highest BCUT2D eigenvalue weighted by Gasteiger charge is 2.08. The van der Waals surface area contributed by atoms with E-state index < -0.39 is 0 Å². The van der Waals surface area contributed by atoms with Crippen molar-refractivity contribution in [3.05, 3.63) is 51.6 Å². The highest BCUT2D eigenvalue weighted by molar-refractivity contribution is 6.37. The topological polar surface area (TPSA) is 12.9 Å². The molecular formula is C11H5Cl3N. The number of halogens is 3. The molecule has 0 bridgehead atoms. The molecule has 1 radical (unpaired) electrons. The van der Waals surface area contributed by atoms with Crippen LogP contribution in [0.2, 0.25) is 15.1 Å². The Morgan fingerprint density at radius 3 is 2.67 bits per heavy atom. The lowest BCUT2D eigenvalue weighted by molar-refractivity contribution is 1.33. The van der Waals surface area contributed by atoms with Gasteiger partial charge in [-0.3, -0.25) is 4.98 Å². The van der Waals surface area contributed by atoms with Crippen LogP contribution >= 0.6 is 34.8 Å². The second-order valence-electron chi connectivity index (χ2n) is 2.88. The minimum Gasteiger partial charge on any atom is -0.253 e. The number of benzene rings is 1. The highest BCUT2D eigenvalue weighted by atomic mass is 35.5. The fourth-order valence-electron chi connectivity index (χ4n) is 1.21. The smallest absolute Gasteiger partial charge is 0.0904 e. The molecule has 0 unspecified atom stereocenters. The van der Waals surface area contributed by atoms with Gasteiger partial charge in [0, 0.05) is 17.8 Å². The van der Waals surface area contributed by atoms with Gasteiger partial charge < -0.3 is 0 Å². The van der Waals surface area contributed by atoms with Crippen molar-refractivity contribution in [1.82, 2.24) is 4.98 Å². The van der Waals surface area contributed by atoms with Crippen molar-refractivity contribution < 1.29 is 0 Å². The number of hydrogen-bond donors (Lipinski definition) is 0. The maximum atomic E-state index is 6.02. The van der Waals surface area contributed by atoms with E-state index in [2.05, 4.69) is 11.1 Å². The van der Waals surface area contributed by atoms with Gasteiger partial charge in [0.2, 0.25) is 0 Å². The molecule has 0 N–H and O–H groups in total. The lowest BCUT2D eigenvalue weighted by Crippen LogP contribution is -1.85. The molecular weight excluding hydrogens is 252 g/mol. The summed E-state index contributed by atoms with van der Waals surface area (Å²) in [5.41, 5.74) is 1.36. The first kappa shape index (κ1) is 10.7. The molecule has 2 rings (SSSR count). The van der Waals surface area contributed by atoms with Gasteiger partial charge >= 0.3 is 0 Å². The number of hydrogen-bond acceptors (Lipinski definition) is 1. The summed E-state index contributed by atoms with van der Waals surface area (Å²) in [7, 11) is 0. The maximum Gasteiger partial charge on any atom is 0.0904 e. The van der Waals surface area contributed by atoms with Crippen LogP contribution in [-0.2, 0) is 0 Å². The molecule has 0 spiro atoms. The predicted octanol–water partition coefficient (Wildman–Crippen LogP) is 4.51. The first-order valence-corrected chi connectivity index (χ1v) is 5.29. The standard InChI is InChI=1S/C11H5Cl3N/c12-7-5-10(14)11(15-6-7)8-3-1-2-4-9(8)13/h1-3,5-6H. The number of pyridine rings is 1. The minimum atomic E-state index is 0.476. The Balaban J connectivity index is 2.60. The summed E-state index contributed by atoms with van der Waals surface area (Å²) >= 11 is 17.8. The highest BCUT2D eigenvalue weighted by Crippen LogP contribution is 2.32. The molecule has 0 amide bonds. The summed E-state index contributed by atoms with van der Waals surface area (Å²) in [5.74, 6) is 0. The van der Waals surface area contributed by atoms with Gasteiger partial charge in [0.15, 0.2) is 0 Å². The number of aromatic nitrogens is 1. The second-order valence-corrected chi connectivity index (χ2v) is 4.10. The molecule has 0 saturated heterocycles. The summed E-state index contributed by atoms with van der Waals surface area (Å²) in [6.45, 7) is 0. The molecule has 4 heteroatoms. The van der Waals surface area contributed by atoms with Gasteiger partial charge in [0.05, 0.1) is 20.8 Å². The molecule has 1 aromatic carbocycles. The molecule has 0 aliphatic heterocycles. The molecule has 0 fully saturated rings. The van der Waals surface area contributed by atoms with E-state index in [1.54, 1.807) is 12.1 Å². The lowest BCUT2D eigenvalue weighted by atomic mass is 10.1. The zero-order valence-electron chi connectivity index (χ0n) is 7.47. The maximum absolute atomic E-state index is 6.02. The summed E-state index contributed by atoms with van der Waals surface area (Å²) in [4.78, 5) is 4.14. The number of rotatable bonds is 1. The van der Waals surface area contributed by atoms with E-state index in [1.807, 2.05) is 12.1 Å². The van der Waals surface area contributed by atoms with Gasteiger partial charge in [-0.1, -0.05) is 53.0 Å². The Morgan fingerprint density at radius 2 is 2.00 bits per heavy atom. The average molecular weight is 258 g/mol. The van der Waals surface area contributed by atoms with E-state index in [0.717, 1.165) is 5.56 Å². The zero-order chi connectivity index (χ0) is 10.8. The van der Waals surface area contributed by atoms with E-state index in [-0.39, 0.29) is 0 Å². The third-order valence-electron chi connectivity index (χ3n) is 1.87. The fraction of sp³-hybridized carbons (Fsp3) is 0. The van der Waals surface area contributed by atoms with E-state index >= 15 is 0 Å². The Bertz CT molecular complexity index is 497. The van der Waals surface area contributed by atoms with Crippen LogP contribution in [0, 0.1) is 6.07 Å². The third kappa shape index (κ3) is 2.25. The molecule has 75 valence electrons. The van der Waals surface area contributed by atoms with Crippen LogP contribution in [-0.4, -0.2) is 4.98 Å². The molecule has 0 aliphatic rings. The van der Waals surface area contributed by atoms with Gasteiger partial charge in [-0.2, -0.15) is 0 Å². The molecule has 1 nitrogen and oxygen atoms in total. The van der Waals surface area contributed by atoms with Crippen molar-refractivity contribution in [3.8, 4) is 11.3 Å². The SMILES string of the molecule is Clc1cnc(-c2ccc[c]c2Cl)c(Cl)c1. The summed E-state index contributed by atoms with van der Waals surface area (Å²) in [6, 6.07) is 9.90. The van der Waals surface area contributed by atoms with Crippen LogP contribution in [0.4, 0.5) is 0 Å². The van der Waals surface area contributed by atoms with Crippen molar-refractivity contribution in [2.75, 3.05) is 0 Å². The van der Waals surface area contributed by atoms with E-state index in [1.165, 1.54) is 6.20 Å². The second kappa shape index (κ2) is 4.40. The van der Waals surface area contributed by atoms with Crippen LogP contribution in [0.3, 0.4) is 0 Å². The number of nitrogens with zero attached hydrogens (tertiary/aromatic N) is 1. The molecule has 15 heavy (non-hydrogen) atoms. The van der Waals surface area contributed by atoms with E-state index in [4.69, 9.17) is 34.8 Å². The average Bonchev–Trinajstić information content (AvgIpc) is 2.20. The van der Waals surface area contributed by atoms with E-state index in [0.29, 0.717) is 20.8 Å². The molecule has 0 saturated carbocycles. The van der Waals surface area contributed by atoms with Gasteiger partial charge in [0.25, 0.3) is 0 Å². The minimum absolute atomic E-state index is 0.476. The van der Waals surface area contributed by atoms with Crippen molar-refractivity contribution in [2.45, 2.75) is 0 Å². The van der Waals surface area contributed by atoms with Gasteiger partial charge in [0.1, 0.15) is 0 Å². The van der Waals surface area contributed by atoms with Crippen molar-refractivity contribution >= 4 is 34.8 Å². The molecule has 1 aromatic heterocycles. The Morgan fingerprint density at radius 1 is 1.20 bits per heavy atom. The first-order valence-electron chi connectivity index (χ1n) is 4.16. The van der Waals surface area contributed by atoms with Crippen LogP contribution in [0.15, 0.2) is 30.5 Å². The van der Waals surface area contributed by atoms with Crippen molar-refractivity contribution in [3.63, 3.8) is 0 Å². The Hall–Kier alpha value is -0.760. The van der Waals surface area contributed by atoms with E-state index in [9.17, 15) is 0 Å². The van der Waals surface area contributed by atoms with Crippen molar-refractivity contribution in [1.29, 1.82) is 0 Å². The lowest BCUT2D eigenvalue weighted by Gasteiger charge is -2.05. The Kier molecular flexibility index (Phi) is 3.15. The predicted molar refractivity (Wildman–Crippen MR) is 63.5 cm³/mol. The normalized spacial score (nSPS) is 10.3. The third-order valence-corrected chi connectivity index (χ3v) is 2.68.